The summed E-state index contributed by atoms with van der Waals surface area (Å²) in [5.74, 6) is 0.692. The molecule has 0 atom stereocenters. The molecule has 6 nitrogen and oxygen atoms in total. The molecule has 2 heterocycles. The molecule has 2 rings (SSSR count). The summed E-state index contributed by atoms with van der Waals surface area (Å²) in [6.45, 7) is 5.30. The van der Waals surface area contributed by atoms with Gasteiger partial charge >= 0.3 is 0 Å². The van der Waals surface area contributed by atoms with Gasteiger partial charge in [0, 0.05) is 19.5 Å². The average molecular weight is 300 g/mol. The van der Waals surface area contributed by atoms with Crippen LogP contribution in [0.3, 0.4) is 0 Å². The van der Waals surface area contributed by atoms with Crippen LogP contribution in [0.5, 0.6) is 0 Å². The summed E-state index contributed by atoms with van der Waals surface area (Å²) < 4.78 is 26.8. The number of nitrogens with zero attached hydrogens (tertiary/aromatic N) is 2. The fourth-order valence-electron chi connectivity index (χ4n) is 2.44. The smallest absolute Gasteiger partial charge is 0.257 e. The highest BCUT2D eigenvalue weighted by molar-refractivity contribution is 7.89. The number of rotatable bonds is 6. The first-order chi connectivity index (χ1) is 9.62. The summed E-state index contributed by atoms with van der Waals surface area (Å²) in [6, 6.07) is 0. The first kappa shape index (κ1) is 15.5. The molecule has 1 aromatic heterocycles. The molecule has 1 fully saturated rings. The third-order valence-corrected chi connectivity index (χ3v) is 5.02. The minimum atomic E-state index is -3.45. The van der Waals surface area contributed by atoms with Crippen molar-refractivity contribution in [2.75, 3.05) is 26.2 Å². The first-order valence-electron chi connectivity index (χ1n) is 7.37. The van der Waals surface area contributed by atoms with Crippen LogP contribution < -0.4 is 4.72 Å². The van der Waals surface area contributed by atoms with Gasteiger partial charge in [-0.05, 0) is 25.9 Å². The highest BCUT2D eigenvalue weighted by Gasteiger charge is 2.17. The fourth-order valence-corrected chi connectivity index (χ4v) is 3.39. The molecule has 0 bridgehead atoms. The highest BCUT2D eigenvalue weighted by atomic mass is 32.2. The molecule has 0 unspecified atom stereocenters. The van der Waals surface area contributed by atoms with Crippen molar-refractivity contribution in [1.82, 2.24) is 19.6 Å². The molecule has 0 radical (unpaired) electrons. The Kier molecular flexibility index (Phi) is 5.56. The quantitative estimate of drug-likeness (QED) is 0.825. The number of likely N-dealkylation sites (tertiary alicyclic amines) is 1. The fraction of sp³-hybridized carbons (Fsp3) is 0.769. The molecule has 1 saturated heterocycles. The minimum absolute atomic E-state index is 0.158. The lowest BCUT2D eigenvalue weighted by Crippen LogP contribution is -2.35. The van der Waals surface area contributed by atoms with Crippen molar-refractivity contribution in [2.45, 2.75) is 44.1 Å². The summed E-state index contributed by atoms with van der Waals surface area (Å²) in [5, 5.41) is 0.158. The van der Waals surface area contributed by atoms with E-state index in [2.05, 4.69) is 19.6 Å². The molecular weight excluding hydrogens is 276 g/mol. The zero-order valence-corrected chi connectivity index (χ0v) is 12.9. The largest absolute Gasteiger partial charge is 0.332 e. The summed E-state index contributed by atoms with van der Waals surface area (Å²) in [4.78, 5) is 9.19. The van der Waals surface area contributed by atoms with Gasteiger partial charge in [-0.2, -0.15) is 0 Å². The molecule has 1 aromatic rings. The average Bonchev–Trinajstić information content (AvgIpc) is 2.78. The lowest BCUT2D eigenvalue weighted by atomic mass is 10.2. The van der Waals surface area contributed by atoms with Gasteiger partial charge in [0.2, 0.25) is 0 Å². The Labute approximate surface area is 121 Å². The number of hydrogen-bond acceptors (Lipinski definition) is 4. The van der Waals surface area contributed by atoms with Crippen LogP contribution in [0, 0.1) is 0 Å². The predicted octanol–water partition coefficient (Wildman–Crippen LogP) is 1.13. The zero-order valence-electron chi connectivity index (χ0n) is 12.1. The second-order valence-electron chi connectivity index (χ2n) is 5.20. The Bertz CT molecular complexity index is 504. The lowest BCUT2D eigenvalue weighted by Gasteiger charge is -2.19. The van der Waals surface area contributed by atoms with Crippen LogP contribution in [0.2, 0.25) is 0 Å². The third kappa shape index (κ3) is 4.29. The second kappa shape index (κ2) is 7.19. The molecule has 7 heteroatoms. The summed E-state index contributed by atoms with van der Waals surface area (Å²) in [5.41, 5.74) is 0. The topological polar surface area (TPSA) is 78.1 Å². The first-order valence-corrected chi connectivity index (χ1v) is 8.86. The van der Waals surface area contributed by atoms with Gasteiger partial charge in [0.1, 0.15) is 5.82 Å². The standard InChI is InChI=1S/C13H24N4O2S/c1-2-12-14-11-13(16-12)20(18,19)15-7-10-17-8-5-3-4-6-9-17/h11,15H,2-10H2,1H3,(H,14,16). The third-order valence-electron chi connectivity index (χ3n) is 3.65. The van der Waals surface area contributed by atoms with Crippen molar-refractivity contribution < 1.29 is 8.42 Å². The van der Waals surface area contributed by atoms with Crippen LogP contribution in [0.25, 0.3) is 0 Å². The van der Waals surface area contributed by atoms with Gasteiger partial charge in [0.15, 0.2) is 5.03 Å². The van der Waals surface area contributed by atoms with Crippen molar-refractivity contribution in [1.29, 1.82) is 0 Å². The number of imidazole rings is 1. The molecule has 0 amide bonds. The van der Waals surface area contributed by atoms with Crippen LogP contribution in [0.1, 0.15) is 38.4 Å². The van der Waals surface area contributed by atoms with Crippen LogP contribution >= 0.6 is 0 Å². The molecule has 0 saturated carbocycles. The van der Waals surface area contributed by atoms with Crippen molar-refractivity contribution in [3.05, 3.63) is 12.0 Å². The second-order valence-corrected chi connectivity index (χ2v) is 6.94. The Hall–Kier alpha value is -0.920. The summed E-state index contributed by atoms with van der Waals surface area (Å²) in [7, 11) is -3.45. The van der Waals surface area contributed by atoms with Gasteiger partial charge in [-0.15, -0.1) is 0 Å². The van der Waals surface area contributed by atoms with Gasteiger partial charge in [0.05, 0.1) is 6.20 Å². The van der Waals surface area contributed by atoms with Crippen LogP contribution in [0.15, 0.2) is 11.2 Å². The number of aromatic amines is 1. The lowest BCUT2D eigenvalue weighted by molar-refractivity contribution is 0.290. The van der Waals surface area contributed by atoms with E-state index in [0.29, 0.717) is 18.8 Å². The molecule has 0 aliphatic carbocycles. The van der Waals surface area contributed by atoms with E-state index in [9.17, 15) is 8.42 Å². The van der Waals surface area contributed by atoms with Crippen LogP contribution in [0.4, 0.5) is 0 Å². The van der Waals surface area contributed by atoms with Crippen LogP contribution in [-0.4, -0.2) is 49.5 Å². The number of hydrogen-bond donors (Lipinski definition) is 2. The van der Waals surface area contributed by atoms with Crippen LogP contribution in [-0.2, 0) is 16.4 Å². The Balaban J connectivity index is 1.82. The van der Waals surface area contributed by atoms with E-state index in [0.717, 1.165) is 19.6 Å². The van der Waals surface area contributed by atoms with E-state index in [1.54, 1.807) is 0 Å². The minimum Gasteiger partial charge on any atom is -0.332 e. The van der Waals surface area contributed by atoms with Gasteiger partial charge in [-0.1, -0.05) is 19.8 Å². The Morgan fingerprint density at radius 1 is 1.30 bits per heavy atom. The molecule has 1 aliphatic heterocycles. The number of nitrogens with one attached hydrogen (secondary N) is 2. The summed E-state index contributed by atoms with van der Waals surface area (Å²) >= 11 is 0. The van der Waals surface area contributed by atoms with Gasteiger partial charge < -0.3 is 9.88 Å². The monoisotopic (exact) mass is 300 g/mol. The van der Waals surface area contributed by atoms with Gasteiger partial charge in [-0.3, -0.25) is 0 Å². The van der Waals surface area contributed by atoms with Crippen molar-refractivity contribution in [3.8, 4) is 0 Å². The maximum Gasteiger partial charge on any atom is 0.257 e. The predicted molar refractivity (Wildman–Crippen MR) is 78.1 cm³/mol. The molecule has 0 spiro atoms. The van der Waals surface area contributed by atoms with E-state index in [1.807, 2.05) is 6.92 Å². The molecule has 20 heavy (non-hydrogen) atoms. The number of aryl methyl sites for hydroxylation is 1. The van der Waals surface area contributed by atoms with Gasteiger partial charge in [0.25, 0.3) is 10.0 Å². The zero-order chi connectivity index (χ0) is 14.4. The Morgan fingerprint density at radius 3 is 2.60 bits per heavy atom. The van der Waals surface area contributed by atoms with Crippen molar-refractivity contribution in [2.24, 2.45) is 0 Å². The van der Waals surface area contributed by atoms with E-state index >= 15 is 0 Å². The van der Waals surface area contributed by atoms with Gasteiger partial charge in [-0.25, -0.2) is 18.1 Å². The van der Waals surface area contributed by atoms with Crippen molar-refractivity contribution in [3.63, 3.8) is 0 Å². The molecule has 1 aliphatic rings. The van der Waals surface area contributed by atoms with E-state index < -0.39 is 10.0 Å². The SMILES string of the molecule is CCc1ncc(S(=O)(=O)NCCN2CCCCCC2)[nH]1. The molecule has 114 valence electrons. The van der Waals surface area contributed by atoms with Crippen molar-refractivity contribution >= 4 is 10.0 Å². The normalized spacial score (nSPS) is 18.1. The molecule has 0 aromatic carbocycles. The maximum absolute atomic E-state index is 12.1. The number of H-pyrrole nitrogens is 1. The number of aromatic nitrogens is 2. The van der Waals surface area contributed by atoms with E-state index in [-0.39, 0.29) is 5.03 Å². The Morgan fingerprint density at radius 2 is 2.00 bits per heavy atom. The maximum atomic E-state index is 12.1. The molecular formula is C13H24N4O2S. The summed E-state index contributed by atoms with van der Waals surface area (Å²) in [6.07, 6.45) is 7.09. The van der Waals surface area contributed by atoms with E-state index in [1.165, 1.54) is 31.9 Å². The molecule has 2 N–H and O–H groups in total. The highest BCUT2D eigenvalue weighted by Crippen LogP contribution is 2.09. The van der Waals surface area contributed by atoms with E-state index in [4.69, 9.17) is 0 Å². The number of sulfonamides is 1.